The summed E-state index contributed by atoms with van der Waals surface area (Å²) in [4.78, 5) is 31.8. The molecule has 2 amide bonds. The highest BCUT2D eigenvalue weighted by atomic mass is 16.2. The highest BCUT2D eigenvalue weighted by molar-refractivity contribution is 6.15. The van der Waals surface area contributed by atoms with E-state index in [0.29, 0.717) is 6.42 Å². The second-order valence-electron chi connectivity index (χ2n) is 6.81. The molecule has 0 aromatic carbocycles. The van der Waals surface area contributed by atoms with Crippen molar-refractivity contribution in [1.29, 1.82) is 0 Å². The van der Waals surface area contributed by atoms with Gasteiger partial charge in [0.15, 0.2) is 0 Å². The van der Waals surface area contributed by atoms with E-state index in [1.165, 1.54) is 0 Å². The number of nitrogens with zero attached hydrogens (tertiary/aromatic N) is 3. The van der Waals surface area contributed by atoms with Crippen LogP contribution < -0.4 is 5.32 Å². The Balaban J connectivity index is 1.68. The number of carbonyl (C=O) groups excluding carboxylic acids is 2. The van der Waals surface area contributed by atoms with Gasteiger partial charge in [-0.15, -0.1) is 0 Å². The van der Waals surface area contributed by atoms with Gasteiger partial charge < -0.3 is 10.2 Å². The van der Waals surface area contributed by atoms with Crippen LogP contribution in [0.25, 0.3) is 0 Å². The Morgan fingerprint density at radius 2 is 2.00 bits per heavy atom. The molecule has 6 heteroatoms. The van der Waals surface area contributed by atoms with Gasteiger partial charge in [-0.3, -0.25) is 14.5 Å². The van der Waals surface area contributed by atoms with E-state index in [2.05, 4.69) is 21.3 Å². The van der Waals surface area contributed by atoms with Crippen LogP contribution in [-0.2, 0) is 9.59 Å². The molecule has 0 atom stereocenters. The topological polar surface area (TPSA) is 65.0 Å². The van der Waals surface area contributed by atoms with E-state index in [0.717, 1.165) is 61.0 Å². The number of nitrogens with one attached hydrogen (secondary N) is 1. The second-order valence-corrected chi connectivity index (χ2v) is 6.81. The largest absolute Gasteiger partial charge is 0.357 e. The molecule has 0 aliphatic carbocycles. The summed E-state index contributed by atoms with van der Waals surface area (Å²) in [5.41, 5.74) is 4.55. The van der Waals surface area contributed by atoms with Crippen LogP contribution in [0.1, 0.15) is 27.2 Å². The Morgan fingerprint density at radius 3 is 2.65 bits per heavy atom. The number of allylic oxidation sites excluding steroid dienone is 5. The summed E-state index contributed by atoms with van der Waals surface area (Å²) >= 11 is 0. The lowest BCUT2D eigenvalue weighted by atomic mass is 9.99. The van der Waals surface area contributed by atoms with E-state index in [1.54, 1.807) is 6.92 Å². The number of rotatable bonds is 3. The predicted molar refractivity (Wildman–Crippen MR) is 103 cm³/mol. The fraction of sp³-hybridized carbons (Fsp3) is 0.450. The van der Waals surface area contributed by atoms with Crippen LogP contribution in [0.2, 0.25) is 0 Å². The first-order valence-electron chi connectivity index (χ1n) is 9.15. The third-order valence-electron chi connectivity index (χ3n) is 4.99. The van der Waals surface area contributed by atoms with Crippen LogP contribution in [0.4, 0.5) is 0 Å². The molecule has 0 aromatic rings. The zero-order valence-corrected chi connectivity index (χ0v) is 15.7. The van der Waals surface area contributed by atoms with Crippen LogP contribution in [0, 0.1) is 0 Å². The molecule has 3 aliphatic rings. The molecule has 0 spiro atoms. The zero-order valence-electron chi connectivity index (χ0n) is 15.7. The van der Waals surface area contributed by atoms with Crippen molar-refractivity contribution in [1.82, 2.24) is 15.1 Å². The van der Waals surface area contributed by atoms with E-state index < -0.39 is 0 Å². The van der Waals surface area contributed by atoms with E-state index in [4.69, 9.17) is 0 Å². The van der Waals surface area contributed by atoms with E-state index >= 15 is 0 Å². The minimum absolute atomic E-state index is 0.131. The lowest BCUT2D eigenvalue weighted by Gasteiger charge is -2.35. The Labute approximate surface area is 154 Å². The summed E-state index contributed by atoms with van der Waals surface area (Å²) in [5, 5.41) is 3.49. The third kappa shape index (κ3) is 4.02. The molecule has 3 rings (SSSR count). The van der Waals surface area contributed by atoms with Crippen molar-refractivity contribution in [3.63, 3.8) is 0 Å². The Hall–Kier alpha value is -2.47. The van der Waals surface area contributed by atoms with Crippen LogP contribution in [0.15, 0.2) is 51.8 Å². The van der Waals surface area contributed by atoms with Crippen LogP contribution >= 0.6 is 0 Å². The maximum Gasteiger partial charge on any atom is 0.273 e. The number of carbonyl (C=O) groups is 2. The average Bonchev–Trinajstić information content (AvgIpc) is 2.62. The fourth-order valence-corrected chi connectivity index (χ4v) is 3.38. The molecular weight excluding hydrogens is 328 g/mol. The van der Waals surface area contributed by atoms with Gasteiger partial charge in [0.2, 0.25) is 5.91 Å². The Bertz CT molecular complexity index is 763. The van der Waals surface area contributed by atoms with Crippen molar-refractivity contribution in [3.8, 4) is 0 Å². The molecule has 138 valence electrons. The van der Waals surface area contributed by atoms with E-state index in [1.807, 2.05) is 37.0 Å². The van der Waals surface area contributed by atoms with Gasteiger partial charge in [0.05, 0.1) is 5.71 Å². The van der Waals surface area contributed by atoms with Crippen molar-refractivity contribution >= 4 is 17.5 Å². The van der Waals surface area contributed by atoms with E-state index in [9.17, 15) is 9.59 Å². The van der Waals surface area contributed by atoms with Gasteiger partial charge in [0.1, 0.15) is 0 Å². The smallest absolute Gasteiger partial charge is 0.273 e. The molecular formula is C20H26N4O2. The number of hydrogen-bond donors (Lipinski definition) is 1. The standard InChI is InChI=1S/C20H26N4O2/c1-4-16-12-18(14(2)21-20(16)26)19-7-5-6-17(22-19)13-23-8-10-24(11-9-23)15(3)25/h5-7,12,22H,4,8-11,13H2,1-3H3. The van der Waals surface area contributed by atoms with E-state index in [-0.39, 0.29) is 11.8 Å². The first-order chi connectivity index (χ1) is 12.5. The molecule has 0 aromatic heterocycles. The van der Waals surface area contributed by atoms with Crippen LogP contribution in [0.3, 0.4) is 0 Å². The lowest BCUT2D eigenvalue weighted by Crippen LogP contribution is -2.49. The van der Waals surface area contributed by atoms with Crippen molar-refractivity contribution in [2.45, 2.75) is 27.2 Å². The minimum atomic E-state index is -0.131. The number of amides is 2. The van der Waals surface area contributed by atoms with Gasteiger partial charge in [-0.2, -0.15) is 0 Å². The molecule has 0 bridgehead atoms. The van der Waals surface area contributed by atoms with Gasteiger partial charge in [0, 0.05) is 62.2 Å². The van der Waals surface area contributed by atoms with Gasteiger partial charge in [-0.05, 0) is 31.6 Å². The third-order valence-corrected chi connectivity index (χ3v) is 4.99. The molecule has 26 heavy (non-hydrogen) atoms. The Kier molecular flexibility index (Phi) is 5.52. The molecule has 0 saturated carbocycles. The first kappa shape index (κ1) is 18.3. The van der Waals surface area contributed by atoms with Gasteiger partial charge >= 0.3 is 0 Å². The fourth-order valence-electron chi connectivity index (χ4n) is 3.38. The molecule has 1 saturated heterocycles. The quantitative estimate of drug-likeness (QED) is 0.839. The number of aliphatic imine (C=N–C) groups is 1. The first-order valence-corrected chi connectivity index (χ1v) is 9.15. The summed E-state index contributed by atoms with van der Waals surface area (Å²) in [6.45, 7) is 9.60. The van der Waals surface area contributed by atoms with Gasteiger partial charge in [0.25, 0.3) is 5.91 Å². The molecule has 1 N–H and O–H groups in total. The summed E-state index contributed by atoms with van der Waals surface area (Å²) in [5.74, 6) is 0.0166. The minimum Gasteiger partial charge on any atom is -0.357 e. The lowest BCUT2D eigenvalue weighted by molar-refractivity contribution is -0.130. The molecule has 0 radical (unpaired) electrons. The van der Waals surface area contributed by atoms with Crippen molar-refractivity contribution in [3.05, 3.63) is 46.8 Å². The molecule has 6 nitrogen and oxygen atoms in total. The maximum absolute atomic E-state index is 11.9. The predicted octanol–water partition coefficient (Wildman–Crippen LogP) is 1.79. The van der Waals surface area contributed by atoms with Crippen LogP contribution in [0.5, 0.6) is 0 Å². The average molecular weight is 354 g/mol. The van der Waals surface area contributed by atoms with Gasteiger partial charge in [-0.25, -0.2) is 4.99 Å². The summed E-state index contributed by atoms with van der Waals surface area (Å²) in [6.07, 6.45) is 8.76. The molecule has 1 fully saturated rings. The van der Waals surface area contributed by atoms with Crippen molar-refractivity contribution in [2.75, 3.05) is 32.7 Å². The zero-order chi connectivity index (χ0) is 18.7. The SMILES string of the molecule is CCC1=CC(=C2C=CC=C(CN3CCN(C(C)=O)CC3)N2)C(C)=NC1=O. The Morgan fingerprint density at radius 1 is 1.27 bits per heavy atom. The molecule has 0 unspecified atom stereocenters. The highest BCUT2D eigenvalue weighted by Gasteiger charge is 2.21. The monoisotopic (exact) mass is 354 g/mol. The highest BCUT2D eigenvalue weighted by Crippen LogP contribution is 2.21. The normalized spacial score (nSPS) is 24.0. The molecule has 3 aliphatic heterocycles. The maximum atomic E-state index is 11.9. The summed E-state index contributed by atoms with van der Waals surface area (Å²) in [6, 6.07) is 0. The van der Waals surface area contributed by atoms with Gasteiger partial charge in [-0.1, -0.05) is 13.0 Å². The van der Waals surface area contributed by atoms with Crippen molar-refractivity contribution < 1.29 is 9.59 Å². The van der Waals surface area contributed by atoms with Crippen LogP contribution in [-0.4, -0.2) is 60.0 Å². The number of hydrogen-bond acceptors (Lipinski definition) is 4. The summed E-state index contributed by atoms with van der Waals surface area (Å²) < 4.78 is 0. The second kappa shape index (κ2) is 7.83. The summed E-state index contributed by atoms with van der Waals surface area (Å²) in [7, 11) is 0. The number of dihydropyridines is 2. The number of piperazine rings is 1. The molecule has 3 heterocycles. The van der Waals surface area contributed by atoms with Crippen molar-refractivity contribution in [2.24, 2.45) is 4.99 Å².